The number of pyridine rings is 1. The van der Waals surface area contributed by atoms with Gasteiger partial charge >= 0.3 is 6.18 Å². The summed E-state index contributed by atoms with van der Waals surface area (Å²) in [4.78, 5) is 19.8. The van der Waals surface area contributed by atoms with Crippen molar-refractivity contribution in [2.75, 3.05) is 26.2 Å². The summed E-state index contributed by atoms with van der Waals surface area (Å²) >= 11 is 1.63. The van der Waals surface area contributed by atoms with Crippen molar-refractivity contribution in [2.24, 2.45) is 0 Å². The molecule has 25 heavy (non-hydrogen) atoms. The van der Waals surface area contributed by atoms with E-state index >= 15 is 0 Å². The van der Waals surface area contributed by atoms with E-state index in [1.54, 1.807) is 11.3 Å². The van der Waals surface area contributed by atoms with E-state index in [9.17, 15) is 18.0 Å². The molecule has 3 rings (SSSR count). The van der Waals surface area contributed by atoms with Crippen LogP contribution in [0.15, 0.2) is 35.3 Å². The van der Waals surface area contributed by atoms with Gasteiger partial charge in [-0.25, -0.2) is 0 Å². The lowest BCUT2D eigenvalue weighted by molar-refractivity contribution is -0.138. The minimum Gasteiger partial charge on any atom is -0.336 e. The highest BCUT2D eigenvalue weighted by molar-refractivity contribution is 7.07. The zero-order valence-electron chi connectivity index (χ0n) is 13.7. The zero-order valence-corrected chi connectivity index (χ0v) is 14.5. The Labute approximate surface area is 147 Å². The summed E-state index contributed by atoms with van der Waals surface area (Å²) in [6, 6.07) is 3.44. The summed E-state index contributed by atoms with van der Waals surface area (Å²) < 4.78 is 39.2. The Bertz CT molecular complexity index is 725. The third kappa shape index (κ3) is 3.85. The van der Waals surface area contributed by atoms with Gasteiger partial charge in [0.2, 0.25) is 0 Å². The number of aromatic nitrogens is 1. The summed E-state index contributed by atoms with van der Waals surface area (Å²) in [5, 5.41) is 4.11. The highest BCUT2D eigenvalue weighted by Gasteiger charge is 2.37. The van der Waals surface area contributed by atoms with Crippen LogP contribution < -0.4 is 0 Å². The van der Waals surface area contributed by atoms with E-state index in [1.165, 1.54) is 16.7 Å². The summed E-state index contributed by atoms with van der Waals surface area (Å²) in [5.41, 5.74) is -0.0887. The van der Waals surface area contributed by atoms with Gasteiger partial charge in [-0.05, 0) is 35.4 Å². The molecule has 1 fully saturated rings. The summed E-state index contributed by atoms with van der Waals surface area (Å²) in [7, 11) is 0. The third-order valence-electron chi connectivity index (χ3n) is 4.53. The third-order valence-corrected chi connectivity index (χ3v) is 5.23. The van der Waals surface area contributed by atoms with Gasteiger partial charge in [-0.15, -0.1) is 0 Å². The van der Waals surface area contributed by atoms with Crippen LogP contribution in [0.25, 0.3) is 0 Å². The number of alkyl halides is 3. The number of thiophene rings is 1. The van der Waals surface area contributed by atoms with Crippen LogP contribution in [0.4, 0.5) is 13.2 Å². The van der Waals surface area contributed by atoms with E-state index in [2.05, 4.69) is 28.3 Å². The SMILES string of the molecule is C[C@H](c1ccsc1)N1CCN(C(=O)c2ccncc2C(F)(F)F)CC1. The Kier molecular flexibility index (Phi) is 5.10. The number of rotatable bonds is 3. The molecule has 0 bridgehead atoms. The first-order chi connectivity index (χ1) is 11.9. The van der Waals surface area contributed by atoms with Gasteiger partial charge in [0, 0.05) is 44.6 Å². The van der Waals surface area contributed by atoms with Crippen molar-refractivity contribution in [2.45, 2.75) is 19.1 Å². The van der Waals surface area contributed by atoms with Crippen molar-refractivity contribution in [1.82, 2.24) is 14.8 Å². The van der Waals surface area contributed by atoms with Crippen LogP contribution in [0.5, 0.6) is 0 Å². The quantitative estimate of drug-likeness (QED) is 0.828. The van der Waals surface area contributed by atoms with E-state index in [1.807, 2.05) is 5.38 Å². The first-order valence-corrected chi connectivity index (χ1v) is 8.89. The fourth-order valence-corrected chi connectivity index (χ4v) is 3.76. The molecule has 0 N–H and O–H groups in total. The zero-order chi connectivity index (χ0) is 18.0. The molecule has 0 spiro atoms. The lowest BCUT2D eigenvalue weighted by Crippen LogP contribution is -2.49. The molecule has 2 aromatic rings. The maximum absolute atomic E-state index is 13.1. The average Bonchev–Trinajstić information content (AvgIpc) is 3.14. The Hall–Kier alpha value is -1.93. The first-order valence-electron chi connectivity index (χ1n) is 7.94. The van der Waals surface area contributed by atoms with E-state index in [0.29, 0.717) is 32.4 Å². The van der Waals surface area contributed by atoms with E-state index in [-0.39, 0.29) is 11.6 Å². The van der Waals surface area contributed by atoms with Crippen LogP contribution in [0.1, 0.15) is 34.5 Å². The number of piperazine rings is 1. The standard InChI is InChI=1S/C17H18F3N3OS/c1-12(13-3-9-25-11-13)22-5-7-23(8-6-22)16(24)14-2-4-21-10-15(14)17(18,19)20/h2-4,9-12H,5-8H2,1H3/t12-/m1/s1. The van der Waals surface area contributed by atoms with Gasteiger partial charge < -0.3 is 4.90 Å². The van der Waals surface area contributed by atoms with Crippen molar-refractivity contribution >= 4 is 17.2 Å². The molecule has 0 unspecified atom stereocenters. The average molecular weight is 369 g/mol. The number of carbonyl (C=O) groups is 1. The Balaban J connectivity index is 1.68. The van der Waals surface area contributed by atoms with E-state index < -0.39 is 17.6 Å². The number of amides is 1. The van der Waals surface area contributed by atoms with Crippen molar-refractivity contribution in [3.8, 4) is 0 Å². The predicted molar refractivity (Wildman–Crippen MR) is 89.4 cm³/mol. The van der Waals surface area contributed by atoms with Crippen LogP contribution in [0.2, 0.25) is 0 Å². The van der Waals surface area contributed by atoms with E-state index in [0.717, 1.165) is 6.07 Å². The van der Waals surface area contributed by atoms with Gasteiger partial charge in [-0.2, -0.15) is 24.5 Å². The molecule has 2 aromatic heterocycles. The van der Waals surface area contributed by atoms with Gasteiger partial charge in [0.05, 0.1) is 11.1 Å². The molecule has 1 aliphatic rings. The lowest BCUT2D eigenvalue weighted by atomic mass is 10.1. The molecule has 1 atom stereocenters. The minimum absolute atomic E-state index is 0.232. The molecular weight excluding hydrogens is 351 g/mol. The van der Waals surface area contributed by atoms with Crippen molar-refractivity contribution < 1.29 is 18.0 Å². The van der Waals surface area contributed by atoms with Crippen LogP contribution in [-0.2, 0) is 6.18 Å². The monoisotopic (exact) mass is 369 g/mol. The second-order valence-electron chi connectivity index (χ2n) is 5.98. The maximum Gasteiger partial charge on any atom is 0.418 e. The van der Waals surface area contributed by atoms with Crippen LogP contribution in [0, 0.1) is 0 Å². The first kappa shape index (κ1) is 17.9. The largest absolute Gasteiger partial charge is 0.418 e. The second-order valence-corrected chi connectivity index (χ2v) is 6.76. The summed E-state index contributed by atoms with van der Waals surface area (Å²) in [6.45, 7) is 4.19. The Morgan fingerprint density at radius 2 is 1.96 bits per heavy atom. The minimum atomic E-state index is -4.59. The molecule has 4 nitrogen and oxygen atoms in total. The number of hydrogen-bond donors (Lipinski definition) is 0. The van der Waals surface area contributed by atoms with Gasteiger partial charge in [0.15, 0.2) is 0 Å². The molecular formula is C17H18F3N3OS. The van der Waals surface area contributed by atoms with Crippen LogP contribution in [-0.4, -0.2) is 46.9 Å². The maximum atomic E-state index is 13.1. The van der Waals surface area contributed by atoms with Crippen molar-refractivity contribution in [3.05, 3.63) is 52.0 Å². The highest BCUT2D eigenvalue weighted by Crippen LogP contribution is 2.32. The van der Waals surface area contributed by atoms with E-state index in [4.69, 9.17) is 0 Å². The molecule has 8 heteroatoms. The smallest absolute Gasteiger partial charge is 0.336 e. The molecule has 0 saturated carbocycles. The van der Waals surface area contributed by atoms with Gasteiger partial charge in [0.1, 0.15) is 0 Å². The highest BCUT2D eigenvalue weighted by atomic mass is 32.1. The van der Waals surface area contributed by atoms with Crippen molar-refractivity contribution in [1.29, 1.82) is 0 Å². The number of hydrogen-bond acceptors (Lipinski definition) is 4. The Morgan fingerprint density at radius 3 is 2.56 bits per heavy atom. The molecule has 3 heterocycles. The molecule has 1 amide bonds. The topological polar surface area (TPSA) is 36.4 Å². The number of nitrogens with zero attached hydrogens (tertiary/aromatic N) is 3. The molecule has 0 aliphatic carbocycles. The molecule has 1 aliphatic heterocycles. The normalized spacial score (nSPS) is 17.5. The summed E-state index contributed by atoms with van der Waals surface area (Å²) in [6.07, 6.45) is -2.66. The van der Waals surface area contributed by atoms with Gasteiger partial charge in [-0.3, -0.25) is 14.7 Å². The molecule has 0 radical (unpaired) electrons. The van der Waals surface area contributed by atoms with Crippen LogP contribution >= 0.6 is 11.3 Å². The Morgan fingerprint density at radius 1 is 1.24 bits per heavy atom. The van der Waals surface area contributed by atoms with Gasteiger partial charge in [0.25, 0.3) is 5.91 Å². The fraction of sp³-hybridized carbons (Fsp3) is 0.412. The second kappa shape index (κ2) is 7.13. The lowest BCUT2D eigenvalue weighted by Gasteiger charge is -2.38. The van der Waals surface area contributed by atoms with Crippen molar-refractivity contribution in [3.63, 3.8) is 0 Å². The fourth-order valence-electron chi connectivity index (χ4n) is 3.01. The molecule has 1 saturated heterocycles. The number of halogens is 3. The van der Waals surface area contributed by atoms with Gasteiger partial charge in [-0.1, -0.05) is 0 Å². The summed E-state index contributed by atoms with van der Waals surface area (Å²) in [5.74, 6) is -0.586. The molecule has 0 aromatic carbocycles. The van der Waals surface area contributed by atoms with Crippen LogP contribution in [0.3, 0.4) is 0 Å². The molecule has 134 valence electrons. The number of carbonyl (C=O) groups excluding carboxylic acids is 1. The predicted octanol–water partition coefficient (Wildman–Crippen LogP) is 3.68.